The van der Waals surface area contributed by atoms with Gasteiger partial charge in [0.15, 0.2) is 0 Å². The number of carbonyl (C=O) groups excluding carboxylic acids is 1. The minimum Gasteiger partial charge on any atom is -0.376 e. The molecule has 0 aliphatic rings. The molecular formula is C38H48N6O5S. The molecule has 266 valence electrons. The smallest absolute Gasteiger partial charge is 0.293 e. The van der Waals surface area contributed by atoms with Gasteiger partial charge in [-0.05, 0) is 114 Å². The predicted molar refractivity (Wildman–Crippen MR) is 200 cm³/mol. The van der Waals surface area contributed by atoms with Crippen LogP contribution in [0.3, 0.4) is 0 Å². The summed E-state index contributed by atoms with van der Waals surface area (Å²) in [5, 5.41) is 15.5. The monoisotopic (exact) mass is 700 g/mol. The molecule has 0 atom stereocenters. The lowest BCUT2D eigenvalue weighted by molar-refractivity contribution is -0.384. The molecule has 0 aliphatic carbocycles. The number of benzene rings is 4. The van der Waals surface area contributed by atoms with Crippen molar-refractivity contribution in [3.05, 3.63) is 130 Å². The van der Waals surface area contributed by atoms with Crippen LogP contribution in [0.25, 0.3) is 0 Å². The third-order valence-corrected chi connectivity index (χ3v) is 9.60. The lowest BCUT2D eigenvalue weighted by atomic mass is 9.98. The Hall–Kier alpha value is -4.78. The summed E-state index contributed by atoms with van der Waals surface area (Å²) in [6.07, 6.45) is 2.88. The number of hydrogen-bond donors (Lipinski definition) is 2. The van der Waals surface area contributed by atoms with Gasteiger partial charge in [0, 0.05) is 36.4 Å². The van der Waals surface area contributed by atoms with Crippen LogP contribution in [-0.2, 0) is 22.9 Å². The van der Waals surface area contributed by atoms with E-state index >= 15 is 0 Å². The predicted octanol–water partition coefficient (Wildman–Crippen LogP) is 6.01. The zero-order valence-corrected chi connectivity index (χ0v) is 30.1. The fourth-order valence-electron chi connectivity index (χ4n) is 5.69. The minimum atomic E-state index is -4.19. The van der Waals surface area contributed by atoms with E-state index in [1.165, 1.54) is 24.3 Å². The first-order valence-electron chi connectivity index (χ1n) is 16.8. The summed E-state index contributed by atoms with van der Waals surface area (Å²) in [5.74, 6) is -0.117. The first-order chi connectivity index (χ1) is 23.9. The fourth-order valence-corrected chi connectivity index (χ4v) is 6.77. The lowest BCUT2D eigenvalue weighted by Gasteiger charge is -2.24. The van der Waals surface area contributed by atoms with E-state index < -0.39 is 14.9 Å². The Morgan fingerprint density at radius 2 is 1.26 bits per heavy atom. The van der Waals surface area contributed by atoms with Gasteiger partial charge in [-0.15, -0.1) is 0 Å². The van der Waals surface area contributed by atoms with Crippen molar-refractivity contribution in [2.24, 2.45) is 0 Å². The van der Waals surface area contributed by atoms with Gasteiger partial charge in [0.2, 0.25) is 0 Å². The van der Waals surface area contributed by atoms with Crippen molar-refractivity contribution in [1.82, 2.24) is 14.7 Å². The molecule has 0 unspecified atom stereocenters. The molecule has 0 fully saturated rings. The Balaban J connectivity index is 1.49. The van der Waals surface area contributed by atoms with E-state index in [-0.39, 0.29) is 33.9 Å². The summed E-state index contributed by atoms with van der Waals surface area (Å²) < 4.78 is 29.4. The van der Waals surface area contributed by atoms with Crippen LogP contribution in [0.1, 0.15) is 34.3 Å². The van der Waals surface area contributed by atoms with Gasteiger partial charge in [-0.1, -0.05) is 60.7 Å². The van der Waals surface area contributed by atoms with Crippen LogP contribution in [0.15, 0.2) is 108 Å². The highest BCUT2D eigenvalue weighted by atomic mass is 32.2. The van der Waals surface area contributed by atoms with Crippen LogP contribution < -0.4 is 10.0 Å². The first kappa shape index (κ1) is 38.0. The van der Waals surface area contributed by atoms with Crippen molar-refractivity contribution in [2.45, 2.75) is 36.6 Å². The molecule has 0 aromatic heterocycles. The molecule has 1 amide bonds. The molecule has 0 saturated carbocycles. The molecule has 4 rings (SSSR count). The summed E-state index contributed by atoms with van der Waals surface area (Å²) in [6.45, 7) is 2.94. The highest BCUT2D eigenvalue weighted by Crippen LogP contribution is 2.30. The second kappa shape index (κ2) is 18.3. The van der Waals surface area contributed by atoms with Gasteiger partial charge in [0.25, 0.3) is 21.6 Å². The number of nitro benzene ring substituents is 1. The van der Waals surface area contributed by atoms with Crippen molar-refractivity contribution in [3.63, 3.8) is 0 Å². The number of nitrogens with one attached hydrogen (secondary N) is 2. The average Bonchev–Trinajstić information content (AvgIpc) is 3.08. The van der Waals surface area contributed by atoms with E-state index in [1.54, 1.807) is 12.1 Å². The van der Waals surface area contributed by atoms with Gasteiger partial charge in [-0.25, -0.2) is 8.42 Å². The quantitative estimate of drug-likeness (QED) is 0.0900. The standard InChI is InChI=1S/C38H48N6O5S/c1-41(2)23-11-25-43(26-12-24-42(3)4)38(45)32-17-19-33(20-18-32)40-50(48,49)35-21-22-36(37(29-35)44(46)47)39-34(27-30-13-7-5-8-14-30)28-31-15-9-6-10-16-31/h5-10,13-22,29,34,39-40H,11-12,23-28H2,1-4H3. The van der Waals surface area contributed by atoms with E-state index in [1.807, 2.05) is 93.8 Å². The van der Waals surface area contributed by atoms with Crippen LogP contribution >= 0.6 is 0 Å². The van der Waals surface area contributed by atoms with Crippen LogP contribution in [0.4, 0.5) is 17.1 Å². The second-order valence-electron chi connectivity index (χ2n) is 12.9. The maximum absolute atomic E-state index is 13.4. The third-order valence-electron chi connectivity index (χ3n) is 8.22. The number of nitro groups is 1. The topological polar surface area (TPSA) is 128 Å². The van der Waals surface area contributed by atoms with Crippen LogP contribution in [0.2, 0.25) is 0 Å². The molecule has 0 radical (unpaired) electrons. The first-order valence-corrected chi connectivity index (χ1v) is 18.2. The van der Waals surface area contributed by atoms with Crippen molar-refractivity contribution >= 4 is 33.0 Å². The molecule has 12 heteroatoms. The molecule has 4 aromatic carbocycles. The summed E-state index contributed by atoms with van der Waals surface area (Å²) in [7, 11) is 3.80. The number of hydrogen-bond acceptors (Lipinski definition) is 8. The van der Waals surface area contributed by atoms with Crippen molar-refractivity contribution in [2.75, 3.05) is 64.4 Å². The fraction of sp³-hybridized carbons (Fsp3) is 0.342. The van der Waals surface area contributed by atoms with E-state index in [4.69, 9.17) is 0 Å². The number of carbonyl (C=O) groups is 1. The van der Waals surface area contributed by atoms with E-state index in [2.05, 4.69) is 19.8 Å². The van der Waals surface area contributed by atoms with Crippen LogP contribution in [0.5, 0.6) is 0 Å². The minimum absolute atomic E-state index is 0.117. The summed E-state index contributed by atoms with van der Waals surface area (Å²) >= 11 is 0. The summed E-state index contributed by atoms with van der Waals surface area (Å²) in [6, 6.07) is 29.6. The number of sulfonamides is 1. The molecule has 0 saturated heterocycles. The normalized spacial score (nSPS) is 11.6. The average molecular weight is 701 g/mol. The Kier molecular flexibility index (Phi) is 13.9. The molecule has 0 heterocycles. The summed E-state index contributed by atoms with van der Waals surface area (Å²) in [5.41, 5.74) is 2.72. The molecule has 4 aromatic rings. The van der Waals surface area contributed by atoms with E-state index in [0.717, 1.165) is 43.1 Å². The molecular weight excluding hydrogens is 653 g/mol. The van der Waals surface area contributed by atoms with Gasteiger partial charge in [0.05, 0.1) is 9.82 Å². The van der Waals surface area contributed by atoms with Gasteiger partial charge in [-0.2, -0.15) is 0 Å². The molecule has 2 N–H and O–H groups in total. The number of rotatable bonds is 19. The van der Waals surface area contributed by atoms with Crippen molar-refractivity contribution < 1.29 is 18.1 Å². The Morgan fingerprint density at radius 3 is 1.74 bits per heavy atom. The van der Waals surface area contributed by atoms with E-state index in [9.17, 15) is 23.3 Å². The highest BCUT2D eigenvalue weighted by molar-refractivity contribution is 7.92. The molecule has 0 aliphatic heterocycles. The maximum Gasteiger partial charge on any atom is 0.293 e. The largest absolute Gasteiger partial charge is 0.376 e. The number of anilines is 2. The zero-order valence-electron chi connectivity index (χ0n) is 29.3. The highest BCUT2D eigenvalue weighted by Gasteiger charge is 2.24. The summed E-state index contributed by atoms with van der Waals surface area (Å²) in [4.78, 5) is 30.8. The van der Waals surface area contributed by atoms with Gasteiger partial charge >= 0.3 is 0 Å². The number of amides is 1. The van der Waals surface area contributed by atoms with Gasteiger partial charge in [0.1, 0.15) is 5.69 Å². The van der Waals surface area contributed by atoms with E-state index in [0.29, 0.717) is 31.5 Å². The molecule has 0 bridgehead atoms. The number of nitrogens with zero attached hydrogens (tertiary/aromatic N) is 4. The molecule has 11 nitrogen and oxygen atoms in total. The van der Waals surface area contributed by atoms with Crippen LogP contribution in [0, 0.1) is 10.1 Å². The van der Waals surface area contributed by atoms with Crippen molar-refractivity contribution in [1.29, 1.82) is 0 Å². The molecule has 50 heavy (non-hydrogen) atoms. The van der Waals surface area contributed by atoms with Crippen molar-refractivity contribution in [3.8, 4) is 0 Å². The van der Waals surface area contributed by atoms with Gasteiger partial charge < -0.3 is 20.0 Å². The third kappa shape index (κ3) is 11.7. The maximum atomic E-state index is 13.4. The molecule has 0 spiro atoms. The Bertz CT molecular complexity index is 1730. The second-order valence-corrected chi connectivity index (χ2v) is 14.6. The SMILES string of the molecule is CN(C)CCCN(CCCN(C)C)C(=O)c1ccc(NS(=O)(=O)c2ccc(NC(Cc3ccccc3)Cc3ccccc3)c([N+](=O)[O-])c2)cc1. The van der Waals surface area contributed by atoms with Crippen LogP contribution in [-0.4, -0.2) is 94.4 Å². The Morgan fingerprint density at radius 1 is 0.740 bits per heavy atom. The zero-order chi connectivity index (χ0) is 36.1. The van der Waals surface area contributed by atoms with Gasteiger partial charge in [-0.3, -0.25) is 19.6 Å². The Labute approximate surface area is 296 Å². The lowest BCUT2D eigenvalue weighted by Crippen LogP contribution is -2.35.